The molecule has 5 nitrogen and oxygen atoms in total. The van der Waals surface area contributed by atoms with Crippen molar-refractivity contribution in [3.05, 3.63) is 41.6 Å². The van der Waals surface area contributed by atoms with Crippen LogP contribution in [0, 0.1) is 5.82 Å². The molecule has 4 heterocycles. The van der Waals surface area contributed by atoms with Gasteiger partial charge in [-0.15, -0.1) is 0 Å². The number of aromatic nitrogens is 4. The molecule has 0 saturated carbocycles. The van der Waals surface area contributed by atoms with E-state index in [1.54, 1.807) is 22.7 Å². The zero-order valence-electron chi connectivity index (χ0n) is 11.7. The maximum absolute atomic E-state index is 13.5. The van der Waals surface area contributed by atoms with Crippen LogP contribution < -0.4 is 4.90 Å². The second-order valence-corrected chi connectivity index (χ2v) is 5.67. The van der Waals surface area contributed by atoms with Gasteiger partial charge < -0.3 is 4.90 Å². The lowest BCUT2D eigenvalue weighted by Crippen LogP contribution is -2.19. The number of pyridine rings is 1. The number of hydrogen-bond donors (Lipinski definition) is 0. The van der Waals surface area contributed by atoms with Crippen molar-refractivity contribution in [2.75, 3.05) is 18.0 Å². The molecular formula is C15H13ClFN5. The maximum atomic E-state index is 13.5. The van der Waals surface area contributed by atoms with Crippen molar-refractivity contribution in [3.8, 4) is 11.5 Å². The third-order valence-corrected chi connectivity index (χ3v) is 4.00. The van der Waals surface area contributed by atoms with Gasteiger partial charge in [0.25, 0.3) is 0 Å². The summed E-state index contributed by atoms with van der Waals surface area (Å²) in [5, 5.41) is 0.373. The highest BCUT2D eigenvalue weighted by molar-refractivity contribution is 6.29. The van der Waals surface area contributed by atoms with E-state index in [2.05, 4.69) is 19.9 Å². The number of hydrogen-bond acceptors (Lipinski definition) is 4. The molecule has 112 valence electrons. The Bertz CT molecular complexity index is 841. The molecule has 4 rings (SSSR count). The van der Waals surface area contributed by atoms with Crippen molar-refractivity contribution in [3.63, 3.8) is 0 Å². The molecule has 1 fully saturated rings. The van der Waals surface area contributed by atoms with Crippen molar-refractivity contribution in [2.24, 2.45) is 0 Å². The van der Waals surface area contributed by atoms with Gasteiger partial charge in [-0.25, -0.2) is 19.3 Å². The molecule has 22 heavy (non-hydrogen) atoms. The normalized spacial score (nSPS) is 14.9. The van der Waals surface area contributed by atoms with Gasteiger partial charge >= 0.3 is 0 Å². The number of rotatable bonds is 2. The molecule has 0 amide bonds. The van der Waals surface area contributed by atoms with Crippen LogP contribution in [0.1, 0.15) is 12.8 Å². The summed E-state index contributed by atoms with van der Waals surface area (Å²) in [7, 11) is 0. The second kappa shape index (κ2) is 5.21. The molecule has 0 spiro atoms. The Hall–Kier alpha value is -2.21. The van der Waals surface area contributed by atoms with Gasteiger partial charge in [-0.05, 0) is 25.0 Å². The SMILES string of the molecule is Fc1ccc2ncc(-c3nc(Cl)cc(N4CCCC4)n3)n2c1. The summed E-state index contributed by atoms with van der Waals surface area (Å²) in [6.45, 7) is 1.93. The van der Waals surface area contributed by atoms with Gasteiger partial charge in [0.15, 0.2) is 5.82 Å². The van der Waals surface area contributed by atoms with Crippen molar-refractivity contribution in [1.82, 2.24) is 19.4 Å². The van der Waals surface area contributed by atoms with E-state index in [4.69, 9.17) is 11.6 Å². The van der Waals surface area contributed by atoms with E-state index >= 15 is 0 Å². The molecule has 0 bridgehead atoms. The summed E-state index contributed by atoms with van der Waals surface area (Å²) in [6.07, 6.45) is 5.31. The Morgan fingerprint density at radius 3 is 2.77 bits per heavy atom. The van der Waals surface area contributed by atoms with E-state index in [-0.39, 0.29) is 5.82 Å². The van der Waals surface area contributed by atoms with Crippen LogP contribution in [0.3, 0.4) is 0 Å². The van der Waals surface area contributed by atoms with Crippen LogP contribution in [-0.4, -0.2) is 32.4 Å². The number of imidazole rings is 1. The van der Waals surface area contributed by atoms with Crippen molar-refractivity contribution >= 4 is 23.1 Å². The summed E-state index contributed by atoms with van der Waals surface area (Å²) in [5.41, 5.74) is 1.26. The van der Waals surface area contributed by atoms with Crippen LogP contribution in [0.5, 0.6) is 0 Å². The molecule has 0 atom stereocenters. The maximum Gasteiger partial charge on any atom is 0.181 e. The molecule has 0 N–H and O–H groups in total. The molecule has 3 aromatic heterocycles. The Morgan fingerprint density at radius 2 is 1.95 bits per heavy atom. The Labute approximate surface area is 131 Å². The predicted octanol–water partition coefficient (Wildman–Crippen LogP) is 3.18. The third-order valence-electron chi connectivity index (χ3n) is 3.81. The van der Waals surface area contributed by atoms with Crippen LogP contribution in [0.4, 0.5) is 10.2 Å². The Balaban J connectivity index is 1.85. The first-order valence-electron chi connectivity index (χ1n) is 7.13. The molecule has 0 aromatic carbocycles. The van der Waals surface area contributed by atoms with Crippen molar-refractivity contribution in [2.45, 2.75) is 12.8 Å². The van der Waals surface area contributed by atoms with E-state index < -0.39 is 0 Å². The summed E-state index contributed by atoms with van der Waals surface area (Å²) in [6, 6.07) is 4.76. The molecule has 1 saturated heterocycles. The molecule has 1 aliphatic heterocycles. The quantitative estimate of drug-likeness (QED) is 0.681. The smallest absolute Gasteiger partial charge is 0.181 e. The minimum atomic E-state index is -0.339. The highest BCUT2D eigenvalue weighted by Crippen LogP contribution is 2.25. The third kappa shape index (κ3) is 2.29. The summed E-state index contributed by atoms with van der Waals surface area (Å²) < 4.78 is 15.1. The summed E-state index contributed by atoms with van der Waals surface area (Å²) in [4.78, 5) is 15.3. The van der Waals surface area contributed by atoms with Gasteiger partial charge in [-0.2, -0.15) is 0 Å². The Kier molecular flexibility index (Phi) is 3.18. The first kappa shape index (κ1) is 13.5. The van der Waals surface area contributed by atoms with Gasteiger partial charge in [0, 0.05) is 25.4 Å². The average molecular weight is 318 g/mol. The molecular weight excluding hydrogens is 305 g/mol. The lowest BCUT2D eigenvalue weighted by molar-refractivity contribution is 0.619. The highest BCUT2D eigenvalue weighted by Gasteiger charge is 2.17. The molecule has 3 aromatic rings. The molecule has 7 heteroatoms. The minimum absolute atomic E-state index is 0.339. The zero-order chi connectivity index (χ0) is 15.1. The fourth-order valence-corrected chi connectivity index (χ4v) is 2.93. The fourth-order valence-electron chi connectivity index (χ4n) is 2.75. The van der Waals surface area contributed by atoms with Crippen molar-refractivity contribution < 1.29 is 4.39 Å². The van der Waals surface area contributed by atoms with E-state index in [0.717, 1.165) is 31.7 Å². The number of fused-ring (bicyclic) bond motifs is 1. The predicted molar refractivity (Wildman–Crippen MR) is 82.6 cm³/mol. The van der Waals surface area contributed by atoms with E-state index in [0.29, 0.717) is 22.3 Å². The number of nitrogens with zero attached hydrogens (tertiary/aromatic N) is 5. The van der Waals surface area contributed by atoms with Crippen molar-refractivity contribution in [1.29, 1.82) is 0 Å². The summed E-state index contributed by atoms with van der Waals surface area (Å²) in [5.74, 6) is 0.917. The van der Waals surface area contributed by atoms with Gasteiger partial charge in [0.2, 0.25) is 0 Å². The van der Waals surface area contributed by atoms with Crippen LogP contribution in [-0.2, 0) is 0 Å². The molecule has 0 aliphatic carbocycles. The average Bonchev–Trinajstić information content (AvgIpc) is 3.16. The number of halogens is 2. The van der Waals surface area contributed by atoms with Gasteiger partial charge in [0.1, 0.15) is 28.1 Å². The van der Waals surface area contributed by atoms with E-state index in [1.165, 1.54) is 12.3 Å². The first-order valence-corrected chi connectivity index (χ1v) is 7.51. The number of anilines is 1. The van der Waals surface area contributed by atoms with Crippen LogP contribution in [0.25, 0.3) is 17.2 Å². The lowest BCUT2D eigenvalue weighted by atomic mass is 10.4. The largest absolute Gasteiger partial charge is 0.356 e. The molecule has 1 aliphatic rings. The zero-order valence-corrected chi connectivity index (χ0v) is 12.5. The second-order valence-electron chi connectivity index (χ2n) is 5.29. The van der Waals surface area contributed by atoms with Gasteiger partial charge in [-0.3, -0.25) is 4.40 Å². The monoisotopic (exact) mass is 317 g/mol. The lowest BCUT2D eigenvalue weighted by Gasteiger charge is -2.16. The van der Waals surface area contributed by atoms with Crippen LogP contribution in [0.2, 0.25) is 5.15 Å². The van der Waals surface area contributed by atoms with Gasteiger partial charge in [-0.1, -0.05) is 11.6 Å². The Morgan fingerprint density at radius 1 is 1.14 bits per heavy atom. The fraction of sp³-hybridized carbons (Fsp3) is 0.267. The van der Waals surface area contributed by atoms with E-state index in [9.17, 15) is 4.39 Å². The van der Waals surface area contributed by atoms with Crippen LogP contribution in [0.15, 0.2) is 30.6 Å². The van der Waals surface area contributed by atoms with Gasteiger partial charge in [0.05, 0.1) is 6.20 Å². The molecule has 0 radical (unpaired) electrons. The molecule has 0 unspecified atom stereocenters. The minimum Gasteiger partial charge on any atom is -0.356 e. The van der Waals surface area contributed by atoms with E-state index in [1.807, 2.05) is 0 Å². The highest BCUT2D eigenvalue weighted by atomic mass is 35.5. The standard InChI is InChI=1S/C15H13ClFN5/c16-12-7-14(21-5-1-2-6-21)20-15(19-12)11-8-18-13-4-3-10(17)9-22(11)13/h3-4,7-9H,1-2,5-6H2. The van der Waals surface area contributed by atoms with Crippen LogP contribution >= 0.6 is 11.6 Å². The summed E-state index contributed by atoms with van der Waals surface area (Å²) >= 11 is 6.15. The topological polar surface area (TPSA) is 46.3 Å². The first-order chi connectivity index (χ1) is 10.7.